The summed E-state index contributed by atoms with van der Waals surface area (Å²) in [6.07, 6.45) is -0.0525. The minimum absolute atomic E-state index is 0.0426. The van der Waals surface area contributed by atoms with Crippen LogP contribution in [0.3, 0.4) is 0 Å². The molecule has 0 saturated carbocycles. The molecule has 1 aliphatic heterocycles. The van der Waals surface area contributed by atoms with Gasteiger partial charge >= 0.3 is 0 Å². The second-order valence-electron chi connectivity index (χ2n) is 9.76. The molecule has 1 amide bonds. The van der Waals surface area contributed by atoms with E-state index in [1.165, 1.54) is 4.90 Å². The Morgan fingerprint density at radius 3 is 1.97 bits per heavy atom. The number of ether oxygens (including phenoxy) is 1. The predicted molar refractivity (Wildman–Crippen MR) is 149 cm³/mol. The minimum atomic E-state index is -0.795. The van der Waals surface area contributed by atoms with Gasteiger partial charge in [0.2, 0.25) is 0 Å². The smallest absolute Gasteiger partial charge is 0.300 e. The van der Waals surface area contributed by atoms with Gasteiger partial charge in [0.05, 0.1) is 17.7 Å². The van der Waals surface area contributed by atoms with Gasteiger partial charge in [-0.2, -0.15) is 0 Å². The number of aliphatic hydroxyl groups is 1. The van der Waals surface area contributed by atoms with E-state index in [1.807, 2.05) is 100 Å². The van der Waals surface area contributed by atoms with Gasteiger partial charge in [-0.3, -0.25) is 14.5 Å². The van der Waals surface area contributed by atoms with Crippen molar-refractivity contribution in [2.75, 3.05) is 42.9 Å². The Bertz CT molecular complexity index is 1330. The maximum atomic E-state index is 13.4. The van der Waals surface area contributed by atoms with Crippen molar-refractivity contribution in [2.45, 2.75) is 26.0 Å². The van der Waals surface area contributed by atoms with Gasteiger partial charge in [0.25, 0.3) is 11.7 Å². The highest BCUT2D eigenvalue weighted by Crippen LogP contribution is 2.43. The van der Waals surface area contributed by atoms with Crippen molar-refractivity contribution >= 4 is 34.5 Å². The zero-order valence-corrected chi connectivity index (χ0v) is 22.1. The van der Waals surface area contributed by atoms with E-state index >= 15 is 0 Å². The number of aliphatic hydroxyl groups excluding tert-OH is 1. The van der Waals surface area contributed by atoms with E-state index in [9.17, 15) is 14.7 Å². The van der Waals surface area contributed by atoms with Crippen molar-refractivity contribution in [2.24, 2.45) is 0 Å². The molecule has 4 rings (SSSR count). The van der Waals surface area contributed by atoms with Crippen LogP contribution in [0.15, 0.2) is 78.4 Å². The largest absolute Gasteiger partial charge is 0.507 e. The molecule has 1 fully saturated rings. The fraction of sp³-hybridized carbons (Fsp3) is 0.267. The van der Waals surface area contributed by atoms with Crippen molar-refractivity contribution < 1.29 is 19.4 Å². The summed E-state index contributed by atoms with van der Waals surface area (Å²) in [7, 11) is 7.76. The third-order valence-corrected chi connectivity index (χ3v) is 6.29. The quantitative estimate of drug-likeness (QED) is 0.273. The number of Topliss-reactive ketones (excluding diaryl/α,β-unsaturated/α-hetero) is 1. The first kappa shape index (κ1) is 25.8. The standard InChI is InChI=1S/C30H33N3O4/c1-19(2)37-25-9-7-8-21(18-25)28(34)26-27(20-10-12-22(13-11-20)31(3)4)33(30(36)29(26)35)24-16-14-23(15-17-24)32(5)6/h7-19,27,34H,1-6H3/b28-26-. The predicted octanol–water partition coefficient (Wildman–Crippen LogP) is 5.23. The average molecular weight is 500 g/mol. The Morgan fingerprint density at radius 2 is 1.43 bits per heavy atom. The van der Waals surface area contributed by atoms with Gasteiger partial charge in [-0.15, -0.1) is 0 Å². The molecule has 0 aliphatic carbocycles. The molecule has 7 nitrogen and oxygen atoms in total. The molecule has 37 heavy (non-hydrogen) atoms. The second-order valence-corrected chi connectivity index (χ2v) is 9.76. The van der Waals surface area contributed by atoms with Gasteiger partial charge in [-0.25, -0.2) is 0 Å². The Balaban J connectivity index is 1.88. The lowest BCUT2D eigenvalue weighted by molar-refractivity contribution is -0.132. The molecule has 0 aromatic heterocycles. The molecule has 1 heterocycles. The van der Waals surface area contributed by atoms with Crippen LogP contribution in [0.25, 0.3) is 5.76 Å². The van der Waals surface area contributed by atoms with Crippen LogP contribution in [0, 0.1) is 0 Å². The van der Waals surface area contributed by atoms with Crippen LogP contribution < -0.4 is 19.4 Å². The maximum Gasteiger partial charge on any atom is 0.300 e. The van der Waals surface area contributed by atoms with Gasteiger partial charge in [-0.05, 0) is 67.9 Å². The number of amides is 1. The van der Waals surface area contributed by atoms with Crippen LogP contribution >= 0.6 is 0 Å². The molecular weight excluding hydrogens is 466 g/mol. The lowest BCUT2D eigenvalue weighted by Crippen LogP contribution is -2.29. The van der Waals surface area contributed by atoms with E-state index in [-0.39, 0.29) is 17.4 Å². The van der Waals surface area contributed by atoms with Crippen LogP contribution in [-0.4, -0.2) is 51.1 Å². The van der Waals surface area contributed by atoms with Gasteiger partial charge in [0, 0.05) is 50.8 Å². The fourth-order valence-corrected chi connectivity index (χ4v) is 4.42. The highest BCUT2D eigenvalue weighted by Gasteiger charge is 2.47. The Morgan fingerprint density at radius 1 is 0.865 bits per heavy atom. The van der Waals surface area contributed by atoms with Gasteiger partial charge in [0.1, 0.15) is 11.5 Å². The SMILES string of the molecule is CC(C)Oc1cccc(/C(O)=C2/C(=O)C(=O)N(c3ccc(N(C)C)cc3)C2c2ccc(N(C)C)cc2)c1. The third-order valence-electron chi connectivity index (χ3n) is 6.29. The molecule has 7 heteroatoms. The lowest BCUT2D eigenvalue weighted by atomic mass is 9.94. The van der Waals surface area contributed by atoms with Crippen molar-refractivity contribution in [3.05, 3.63) is 89.5 Å². The lowest BCUT2D eigenvalue weighted by Gasteiger charge is -2.26. The summed E-state index contributed by atoms with van der Waals surface area (Å²) in [5.41, 5.74) is 3.70. The van der Waals surface area contributed by atoms with Crippen molar-refractivity contribution in [1.29, 1.82) is 0 Å². The number of hydrogen-bond acceptors (Lipinski definition) is 6. The fourth-order valence-electron chi connectivity index (χ4n) is 4.42. The molecule has 1 unspecified atom stereocenters. The first-order valence-corrected chi connectivity index (χ1v) is 12.2. The highest BCUT2D eigenvalue weighted by molar-refractivity contribution is 6.51. The molecule has 1 atom stereocenters. The zero-order valence-electron chi connectivity index (χ0n) is 22.1. The number of benzene rings is 3. The van der Waals surface area contributed by atoms with E-state index in [0.717, 1.165) is 16.9 Å². The monoisotopic (exact) mass is 499 g/mol. The number of anilines is 3. The first-order chi connectivity index (χ1) is 17.6. The molecule has 0 bridgehead atoms. The normalized spacial score (nSPS) is 16.8. The first-order valence-electron chi connectivity index (χ1n) is 12.2. The molecule has 0 radical (unpaired) electrons. The van der Waals surface area contributed by atoms with Crippen LogP contribution in [0.2, 0.25) is 0 Å². The van der Waals surface area contributed by atoms with Crippen molar-refractivity contribution in [3.8, 4) is 5.75 Å². The number of carbonyl (C=O) groups excluding carboxylic acids is 2. The molecule has 3 aromatic rings. The van der Waals surface area contributed by atoms with Crippen LogP contribution in [0.4, 0.5) is 17.1 Å². The van der Waals surface area contributed by atoms with E-state index in [2.05, 4.69) is 0 Å². The summed E-state index contributed by atoms with van der Waals surface area (Å²) in [5, 5.41) is 11.4. The van der Waals surface area contributed by atoms with Gasteiger partial charge < -0.3 is 19.6 Å². The summed E-state index contributed by atoms with van der Waals surface area (Å²) in [6, 6.07) is 21.2. The molecular formula is C30H33N3O4. The number of carbonyl (C=O) groups is 2. The number of rotatable bonds is 7. The Labute approximate surface area is 218 Å². The Hall–Kier alpha value is -4.26. The highest BCUT2D eigenvalue weighted by atomic mass is 16.5. The number of hydrogen-bond donors (Lipinski definition) is 1. The summed E-state index contributed by atoms with van der Waals surface area (Å²) in [4.78, 5) is 32.3. The van der Waals surface area contributed by atoms with Crippen LogP contribution in [-0.2, 0) is 9.59 Å². The summed E-state index contributed by atoms with van der Waals surface area (Å²) in [6.45, 7) is 3.83. The van der Waals surface area contributed by atoms with Gasteiger partial charge in [0.15, 0.2) is 0 Å². The molecule has 1 aliphatic rings. The third kappa shape index (κ3) is 5.16. The van der Waals surface area contributed by atoms with E-state index in [1.54, 1.807) is 24.3 Å². The second kappa shape index (κ2) is 10.4. The van der Waals surface area contributed by atoms with Crippen molar-refractivity contribution in [1.82, 2.24) is 0 Å². The number of nitrogens with zero attached hydrogens (tertiary/aromatic N) is 3. The molecule has 1 N–H and O–H groups in total. The number of ketones is 1. The minimum Gasteiger partial charge on any atom is -0.507 e. The van der Waals surface area contributed by atoms with E-state index in [0.29, 0.717) is 17.0 Å². The van der Waals surface area contributed by atoms with Crippen LogP contribution in [0.5, 0.6) is 5.75 Å². The van der Waals surface area contributed by atoms with E-state index < -0.39 is 17.7 Å². The average Bonchev–Trinajstić information content (AvgIpc) is 3.13. The van der Waals surface area contributed by atoms with E-state index in [4.69, 9.17) is 4.74 Å². The maximum absolute atomic E-state index is 13.4. The zero-order chi connectivity index (χ0) is 26.9. The molecule has 192 valence electrons. The molecule has 0 spiro atoms. The summed E-state index contributed by atoms with van der Waals surface area (Å²) < 4.78 is 5.78. The summed E-state index contributed by atoms with van der Waals surface area (Å²) >= 11 is 0. The van der Waals surface area contributed by atoms with Gasteiger partial charge in [-0.1, -0.05) is 24.3 Å². The summed E-state index contributed by atoms with van der Waals surface area (Å²) in [5.74, 6) is -1.08. The molecule has 1 saturated heterocycles. The molecule has 3 aromatic carbocycles. The Kier molecular flexibility index (Phi) is 7.25. The topological polar surface area (TPSA) is 73.3 Å². The van der Waals surface area contributed by atoms with Crippen molar-refractivity contribution in [3.63, 3.8) is 0 Å². The van der Waals surface area contributed by atoms with Crippen LogP contribution in [0.1, 0.15) is 31.0 Å².